The number of rotatable bonds is 8. The molecule has 2 N–H and O–H groups in total. The van der Waals surface area contributed by atoms with Crippen molar-refractivity contribution in [1.82, 2.24) is 19.6 Å². The van der Waals surface area contributed by atoms with E-state index in [1.807, 2.05) is 42.0 Å². The molecule has 9 heteroatoms. The number of aromatic nitrogens is 2. The number of nitrogens with one attached hydrogen (secondary N) is 2. The Morgan fingerprint density at radius 2 is 1.90 bits per heavy atom. The number of imidazole rings is 1. The molecule has 0 spiro atoms. The Labute approximate surface area is 168 Å². The van der Waals surface area contributed by atoms with Gasteiger partial charge in [-0.3, -0.25) is 4.79 Å². The molecule has 1 aromatic heterocycles. The minimum Gasteiger partial charge on any atom is -0.350 e. The van der Waals surface area contributed by atoms with E-state index in [0.29, 0.717) is 0 Å². The van der Waals surface area contributed by atoms with E-state index in [1.54, 1.807) is 12.5 Å². The molecule has 0 radical (unpaired) electrons. The predicted octanol–water partition coefficient (Wildman–Crippen LogP) is 2.56. The summed E-state index contributed by atoms with van der Waals surface area (Å²) in [5, 5.41) is 2.82. The summed E-state index contributed by atoms with van der Waals surface area (Å²) in [6.45, 7) is 1.71. The van der Waals surface area contributed by atoms with Crippen LogP contribution in [0.25, 0.3) is 5.69 Å². The number of carbonyl (C=O) groups is 1. The SMILES string of the molecule is CC(NC(=O)CCNS(=O)(=O)c1ccccc1F)c1ccc(-n2ccnc2)cc1. The smallest absolute Gasteiger partial charge is 0.243 e. The Kier molecular flexibility index (Phi) is 6.40. The van der Waals surface area contributed by atoms with Gasteiger partial charge in [0.05, 0.1) is 12.4 Å². The standard InChI is InChI=1S/C20H21FN4O3S/c1-15(16-6-8-17(9-7-16)25-13-12-22-14-25)24-20(26)10-11-23-29(27,28)19-5-3-2-4-18(19)21/h2-9,12-15,23H,10-11H2,1H3,(H,24,26). The maximum atomic E-state index is 13.6. The summed E-state index contributed by atoms with van der Waals surface area (Å²) in [4.78, 5) is 15.7. The normalized spacial score (nSPS) is 12.5. The lowest BCUT2D eigenvalue weighted by Crippen LogP contribution is -2.32. The average Bonchev–Trinajstić information content (AvgIpc) is 3.23. The molecule has 0 saturated heterocycles. The summed E-state index contributed by atoms with van der Waals surface area (Å²) >= 11 is 0. The van der Waals surface area contributed by atoms with Crippen molar-refractivity contribution < 1.29 is 17.6 Å². The fourth-order valence-electron chi connectivity index (χ4n) is 2.78. The first-order valence-electron chi connectivity index (χ1n) is 8.98. The third kappa shape index (κ3) is 5.27. The Morgan fingerprint density at radius 3 is 2.55 bits per heavy atom. The number of benzene rings is 2. The first kappa shape index (κ1) is 20.7. The zero-order valence-electron chi connectivity index (χ0n) is 15.7. The minimum atomic E-state index is -4.01. The van der Waals surface area contributed by atoms with Crippen molar-refractivity contribution in [1.29, 1.82) is 0 Å². The van der Waals surface area contributed by atoms with Crippen LogP contribution in [0.3, 0.4) is 0 Å². The molecule has 0 aliphatic heterocycles. The van der Waals surface area contributed by atoms with Crippen molar-refractivity contribution in [2.24, 2.45) is 0 Å². The van der Waals surface area contributed by atoms with E-state index in [4.69, 9.17) is 0 Å². The lowest BCUT2D eigenvalue weighted by Gasteiger charge is -2.15. The van der Waals surface area contributed by atoms with Gasteiger partial charge in [-0.2, -0.15) is 0 Å². The molecule has 1 atom stereocenters. The Balaban J connectivity index is 1.51. The molecular weight excluding hydrogens is 395 g/mol. The lowest BCUT2D eigenvalue weighted by atomic mass is 10.1. The number of carbonyl (C=O) groups excluding carboxylic acids is 1. The highest BCUT2D eigenvalue weighted by molar-refractivity contribution is 7.89. The van der Waals surface area contributed by atoms with Crippen LogP contribution in [-0.4, -0.2) is 30.4 Å². The van der Waals surface area contributed by atoms with Gasteiger partial charge in [-0.05, 0) is 36.8 Å². The van der Waals surface area contributed by atoms with Crippen LogP contribution in [0.1, 0.15) is 24.9 Å². The number of sulfonamides is 1. The number of nitrogens with zero attached hydrogens (tertiary/aromatic N) is 2. The average molecular weight is 416 g/mol. The maximum absolute atomic E-state index is 13.6. The zero-order chi connectivity index (χ0) is 20.9. The summed E-state index contributed by atoms with van der Waals surface area (Å²) < 4.78 is 42.0. The fourth-order valence-corrected chi connectivity index (χ4v) is 3.89. The zero-order valence-corrected chi connectivity index (χ0v) is 16.6. The van der Waals surface area contributed by atoms with E-state index >= 15 is 0 Å². The van der Waals surface area contributed by atoms with Gasteiger partial charge in [0.1, 0.15) is 10.7 Å². The molecule has 29 heavy (non-hydrogen) atoms. The molecule has 0 saturated carbocycles. The van der Waals surface area contributed by atoms with Crippen molar-refractivity contribution in [3.8, 4) is 5.69 Å². The molecule has 0 fully saturated rings. The molecule has 3 rings (SSSR count). The Hall–Kier alpha value is -3.04. The summed E-state index contributed by atoms with van der Waals surface area (Å²) in [6.07, 6.45) is 5.16. The summed E-state index contributed by atoms with van der Waals surface area (Å²) in [5.41, 5.74) is 1.86. The first-order valence-corrected chi connectivity index (χ1v) is 10.5. The predicted molar refractivity (Wildman–Crippen MR) is 106 cm³/mol. The molecule has 1 unspecified atom stereocenters. The largest absolute Gasteiger partial charge is 0.350 e. The second-order valence-corrected chi connectivity index (χ2v) is 8.16. The van der Waals surface area contributed by atoms with Crippen LogP contribution in [0.5, 0.6) is 0 Å². The topological polar surface area (TPSA) is 93.1 Å². The van der Waals surface area contributed by atoms with Crippen molar-refractivity contribution >= 4 is 15.9 Å². The molecule has 3 aromatic rings. The van der Waals surface area contributed by atoms with Crippen LogP contribution in [0.2, 0.25) is 0 Å². The van der Waals surface area contributed by atoms with E-state index in [9.17, 15) is 17.6 Å². The van der Waals surface area contributed by atoms with Crippen LogP contribution in [-0.2, 0) is 14.8 Å². The summed E-state index contributed by atoms with van der Waals surface area (Å²) in [6, 6.07) is 12.5. The third-order valence-corrected chi connectivity index (χ3v) is 5.84. The highest BCUT2D eigenvalue weighted by atomic mass is 32.2. The van der Waals surface area contributed by atoms with Crippen molar-refractivity contribution in [3.05, 3.63) is 78.6 Å². The summed E-state index contributed by atoms with van der Waals surface area (Å²) in [7, 11) is -4.01. The highest BCUT2D eigenvalue weighted by Crippen LogP contribution is 2.16. The van der Waals surface area contributed by atoms with Gasteiger partial charge in [-0.15, -0.1) is 0 Å². The quantitative estimate of drug-likeness (QED) is 0.590. The van der Waals surface area contributed by atoms with Gasteiger partial charge in [0.15, 0.2) is 0 Å². The molecule has 0 aliphatic rings. The summed E-state index contributed by atoms with van der Waals surface area (Å²) in [5.74, 6) is -1.15. The molecule has 0 aliphatic carbocycles. The van der Waals surface area contributed by atoms with Gasteiger partial charge in [0, 0.05) is 31.0 Å². The lowest BCUT2D eigenvalue weighted by molar-refractivity contribution is -0.121. The maximum Gasteiger partial charge on any atom is 0.243 e. The van der Waals surface area contributed by atoms with Crippen LogP contribution in [0.15, 0.2) is 72.1 Å². The molecule has 1 heterocycles. The number of halogens is 1. The van der Waals surface area contributed by atoms with Crippen molar-refractivity contribution in [3.63, 3.8) is 0 Å². The van der Waals surface area contributed by atoms with Gasteiger partial charge in [0.25, 0.3) is 0 Å². The molecule has 152 valence electrons. The van der Waals surface area contributed by atoms with Gasteiger partial charge < -0.3 is 9.88 Å². The van der Waals surface area contributed by atoms with Gasteiger partial charge in [-0.1, -0.05) is 24.3 Å². The monoisotopic (exact) mass is 416 g/mol. The number of amides is 1. The number of hydrogen-bond acceptors (Lipinski definition) is 4. The second-order valence-electron chi connectivity index (χ2n) is 6.43. The van der Waals surface area contributed by atoms with Crippen molar-refractivity contribution in [2.75, 3.05) is 6.54 Å². The third-order valence-electron chi connectivity index (χ3n) is 4.34. The molecule has 2 aromatic carbocycles. The van der Waals surface area contributed by atoms with Crippen LogP contribution >= 0.6 is 0 Å². The molecule has 0 bridgehead atoms. The van der Waals surface area contributed by atoms with E-state index in [0.717, 1.165) is 17.3 Å². The van der Waals surface area contributed by atoms with Crippen LogP contribution in [0, 0.1) is 5.82 Å². The van der Waals surface area contributed by atoms with E-state index in [-0.39, 0.29) is 24.9 Å². The van der Waals surface area contributed by atoms with Crippen molar-refractivity contribution in [2.45, 2.75) is 24.3 Å². The molecule has 7 nitrogen and oxygen atoms in total. The van der Waals surface area contributed by atoms with Crippen LogP contribution < -0.4 is 10.0 Å². The Bertz CT molecular complexity index is 1070. The van der Waals surface area contributed by atoms with Crippen LogP contribution in [0.4, 0.5) is 4.39 Å². The van der Waals surface area contributed by atoms with Gasteiger partial charge in [-0.25, -0.2) is 22.5 Å². The minimum absolute atomic E-state index is 0.0643. The fraction of sp³-hybridized carbons (Fsp3) is 0.200. The highest BCUT2D eigenvalue weighted by Gasteiger charge is 2.18. The molecule has 1 amide bonds. The van der Waals surface area contributed by atoms with Gasteiger partial charge in [0.2, 0.25) is 15.9 Å². The first-order chi connectivity index (χ1) is 13.9. The molecular formula is C20H21FN4O3S. The Morgan fingerprint density at radius 1 is 1.17 bits per heavy atom. The second kappa shape index (κ2) is 8.97. The van der Waals surface area contributed by atoms with Gasteiger partial charge >= 0.3 is 0 Å². The van der Waals surface area contributed by atoms with E-state index in [1.165, 1.54) is 18.2 Å². The van der Waals surface area contributed by atoms with E-state index < -0.39 is 20.7 Å². The number of hydrogen-bond donors (Lipinski definition) is 2. The van der Waals surface area contributed by atoms with E-state index in [2.05, 4.69) is 15.0 Å².